The van der Waals surface area contributed by atoms with Crippen molar-refractivity contribution in [1.82, 2.24) is 0 Å². The van der Waals surface area contributed by atoms with Crippen LogP contribution in [-0.2, 0) is 14.6 Å². The Bertz CT molecular complexity index is 314. The van der Waals surface area contributed by atoms with Gasteiger partial charge in [-0.3, -0.25) is 4.79 Å². The van der Waals surface area contributed by atoms with Crippen LogP contribution >= 0.6 is 0 Å². The molecule has 0 bridgehead atoms. The molecular formula is C9H16O4S. The Hall–Kier alpha value is -0.580. The largest absolute Gasteiger partial charge is 0.480 e. The molecule has 0 heterocycles. The Kier molecular flexibility index (Phi) is 3.19. The molecule has 0 amide bonds. The van der Waals surface area contributed by atoms with Crippen molar-refractivity contribution in [3.05, 3.63) is 0 Å². The number of hydrogen-bond acceptors (Lipinski definition) is 3. The summed E-state index contributed by atoms with van der Waals surface area (Å²) in [6.07, 6.45) is 2.14. The summed E-state index contributed by atoms with van der Waals surface area (Å²) in [5.74, 6) is -1.58. The molecule has 0 aromatic heterocycles. The first-order chi connectivity index (χ1) is 6.37. The summed E-state index contributed by atoms with van der Waals surface area (Å²) in [5, 5.41) is 7.23. The molecule has 0 aromatic rings. The predicted octanol–water partition coefficient (Wildman–Crippen LogP) is 1.06. The summed E-state index contributed by atoms with van der Waals surface area (Å²) >= 11 is 0. The number of carboxylic acids is 1. The van der Waals surface area contributed by atoms with Gasteiger partial charge in [0.2, 0.25) is 0 Å². The zero-order valence-electron chi connectivity index (χ0n) is 8.43. The van der Waals surface area contributed by atoms with E-state index in [-0.39, 0.29) is 5.92 Å². The van der Waals surface area contributed by atoms with E-state index in [9.17, 15) is 13.2 Å². The fourth-order valence-electron chi connectivity index (χ4n) is 1.71. The summed E-state index contributed by atoms with van der Waals surface area (Å²) in [4.78, 5) is 10.9. The van der Waals surface area contributed by atoms with Gasteiger partial charge in [0, 0.05) is 0 Å². The van der Waals surface area contributed by atoms with Gasteiger partial charge in [0.15, 0.2) is 15.1 Å². The second-order valence-corrected chi connectivity index (χ2v) is 6.50. The van der Waals surface area contributed by atoms with Gasteiger partial charge in [0.25, 0.3) is 0 Å². The highest BCUT2D eigenvalue weighted by atomic mass is 32.2. The molecule has 0 radical (unpaired) electrons. The SMILES string of the molecule is CC(C)C(C(=O)O)S(=O)(=O)C1CCC1. The number of rotatable bonds is 4. The zero-order chi connectivity index (χ0) is 10.9. The molecule has 5 heteroatoms. The first kappa shape index (κ1) is 11.5. The lowest BCUT2D eigenvalue weighted by Gasteiger charge is -2.29. The molecule has 0 spiro atoms. The van der Waals surface area contributed by atoms with Gasteiger partial charge in [-0.25, -0.2) is 8.42 Å². The van der Waals surface area contributed by atoms with E-state index in [2.05, 4.69) is 0 Å². The quantitative estimate of drug-likeness (QED) is 0.769. The maximum atomic E-state index is 11.8. The van der Waals surface area contributed by atoms with Crippen LogP contribution in [0.5, 0.6) is 0 Å². The van der Waals surface area contributed by atoms with E-state index >= 15 is 0 Å². The van der Waals surface area contributed by atoms with Crippen molar-refractivity contribution in [1.29, 1.82) is 0 Å². The Balaban J connectivity index is 2.91. The van der Waals surface area contributed by atoms with Crippen molar-refractivity contribution < 1.29 is 18.3 Å². The molecule has 1 atom stereocenters. The third kappa shape index (κ3) is 1.92. The minimum absolute atomic E-state index is 0.363. The lowest BCUT2D eigenvalue weighted by Crippen LogP contribution is -2.43. The molecule has 1 fully saturated rings. The predicted molar refractivity (Wildman–Crippen MR) is 52.8 cm³/mol. The fraction of sp³-hybridized carbons (Fsp3) is 0.889. The highest BCUT2D eigenvalue weighted by Crippen LogP contribution is 2.31. The standard InChI is InChI=1S/C9H16O4S/c1-6(2)8(9(10)11)14(12,13)7-4-3-5-7/h6-8H,3-5H2,1-2H3,(H,10,11). The van der Waals surface area contributed by atoms with Gasteiger partial charge in [-0.1, -0.05) is 20.3 Å². The molecule has 1 N–H and O–H groups in total. The molecule has 1 aliphatic carbocycles. The van der Waals surface area contributed by atoms with Crippen LogP contribution in [0.3, 0.4) is 0 Å². The maximum absolute atomic E-state index is 11.8. The molecule has 1 aliphatic rings. The van der Waals surface area contributed by atoms with Gasteiger partial charge in [-0.05, 0) is 18.8 Å². The number of aliphatic carboxylic acids is 1. The first-order valence-electron chi connectivity index (χ1n) is 4.83. The minimum atomic E-state index is -3.46. The Labute approximate surface area is 84.2 Å². The van der Waals surface area contributed by atoms with E-state index in [1.54, 1.807) is 13.8 Å². The molecule has 14 heavy (non-hydrogen) atoms. The fourth-order valence-corrected chi connectivity index (χ4v) is 4.16. The van der Waals surface area contributed by atoms with Gasteiger partial charge in [-0.15, -0.1) is 0 Å². The van der Waals surface area contributed by atoms with Crippen LogP contribution in [0.4, 0.5) is 0 Å². The summed E-state index contributed by atoms with van der Waals surface area (Å²) in [6, 6.07) is 0. The van der Waals surface area contributed by atoms with E-state index in [1.165, 1.54) is 0 Å². The highest BCUT2D eigenvalue weighted by Gasteiger charge is 2.43. The van der Waals surface area contributed by atoms with Crippen molar-refractivity contribution in [2.45, 2.75) is 43.6 Å². The molecule has 0 aliphatic heterocycles. The van der Waals surface area contributed by atoms with Crippen molar-refractivity contribution >= 4 is 15.8 Å². The zero-order valence-corrected chi connectivity index (χ0v) is 9.25. The summed E-state index contributed by atoms with van der Waals surface area (Å²) in [7, 11) is -3.46. The summed E-state index contributed by atoms with van der Waals surface area (Å²) in [5.41, 5.74) is 0. The summed E-state index contributed by atoms with van der Waals surface area (Å²) in [6.45, 7) is 3.27. The first-order valence-corrected chi connectivity index (χ1v) is 6.44. The van der Waals surface area contributed by atoms with Crippen LogP contribution in [0.2, 0.25) is 0 Å². The topological polar surface area (TPSA) is 71.4 Å². The van der Waals surface area contributed by atoms with Crippen LogP contribution in [0, 0.1) is 5.92 Å². The van der Waals surface area contributed by atoms with Crippen molar-refractivity contribution in [3.8, 4) is 0 Å². The molecular weight excluding hydrogens is 204 g/mol. The lowest BCUT2D eigenvalue weighted by atomic mass is 10.00. The molecule has 0 saturated heterocycles. The highest BCUT2D eigenvalue weighted by molar-refractivity contribution is 7.93. The van der Waals surface area contributed by atoms with Crippen LogP contribution < -0.4 is 0 Å². The van der Waals surface area contributed by atoms with Crippen LogP contribution in [0.25, 0.3) is 0 Å². The van der Waals surface area contributed by atoms with E-state index < -0.39 is 26.3 Å². The van der Waals surface area contributed by atoms with Crippen molar-refractivity contribution in [2.75, 3.05) is 0 Å². The Morgan fingerprint density at radius 1 is 1.36 bits per heavy atom. The molecule has 82 valence electrons. The molecule has 1 unspecified atom stereocenters. The average molecular weight is 220 g/mol. The van der Waals surface area contributed by atoms with E-state index in [1.807, 2.05) is 0 Å². The third-order valence-electron chi connectivity index (χ3n) is 2.72. The molecule has 1 rings (SSSR count). The average Bonchev–Trinajstić information content (AvgIpc) is 1.75. The molecule has 0 aromatic carbocycles. The monoisotopic (exact) mass is 220 g/mol. The van der Waals surface area contributed by atoms with E-state index in [0.717, 1.165) is 6.42 Å². The Morgan fingerprint density at radius 3 is 2.07 bits per heavy atom. The normalized spacial score (nSPS) is 20.5. The van der Waals surface area contributed by atoms with Crippen molar-refractivity contribution in [3.63, 3.8) is 0 Å². The second-order valence-electron chi connectivity index (χ2n) is 4.14. The van der Waals surface area contributed by atoms with Crippen LogP contribution in [-0.4, -0.2) is 30.0 Å². The third-order valence-corrected chi connectivity index (χ3v) is 5.57. The van der Waals surface area contributed by atoms with Crippen LogP contribution in [0.1, 0.15) is 33.1 Å². The van der Waals surface area contributed by atoms with E-state index in [4.69, 9.17) is 5.11 Å². The van der Waals surface area contributed by atoms with E-state index in [0.29, 0.717) is 12.8 Å². The number of carbonyl (C=O) groups is 1. The van der Waals surface area contributed by atoms with Crippen molar-refractivity contribution in [2.24, 2.45) is 5.92 Å². The smallest absolute Gasteiger partial charge is 0.322 e. The summed E-state index contributed by atoms with van der Waals surface area (Å²) < 4.78 is 23.6. The minimum Gasteiger partial charge on any atom is -0.480 e. The number of hydrogen-bond donors (Lipinski definition) is 1. The van der Waals surface area contributed by atoms with Gasteiger partial charge < -0.3 is 5.11 Å². The van der Waals surface area contributed by atoms with Gasteiger partial charge in [0.05, 0.1) is 5.25 Å². The second kappa shape index (κ2) is 3.88. The molecule has 1 saturated carbocycles. The maximum Gasteiger partial charge on any atom is 0.322 e. The Morgan fingerprint density at radius 2 is 1.86 bits per heavy atom. The van der Waals surface area contributed by atoms with Gasteiger partial charge in [-0.2, -0.15) is 0 Å². The van der Waals surface area contributed by atoms with Crippen LogP contribution in [0.15, 0.2) is 0 Å². The lowest BCUT2D eigenvalue weighted by molar-refractivity contribution is -0.137. The number of carboxylic acid groups (broad SMARTS) is 1. The number of sulfone groups is 1. The van der Waals surface area contributed by atoms with Gasteiger partial charge in [0.1, 0.15) is 0 Å². The van der Waals surface area contributed by atoms with Gasteiger partial charge >= 0.3 is 5.97 Å². The molecule has 4 nitrogen and oxygen atoms in total.